The minimum absolute atomic E-state index is 0.0370. The molecule has 0 unspecified atom stereocenters. The molecular weight excluding hydrogens is 438 g/mol. The summed E-state index contributed by atoms with van der Waals surface area (Å²) >= 11 is 6.03. The van der Waals surface area contributed by atoms with Gasteiger partial charge in [-0.25, -0.2) is 13.4 Å². The number of rotatable bonds is 7. The number of benzene rings is 1. The first kappa shape index (κ1) is 21.4. The molecule has 0 radical (unpaired) electrons. The molecular formula is C22H22ClN3O4S. The molecule has 0 atom stereocenters. The fourth-order valence-corrected chi connectivity index (χ4v) is 4.13. The van der Waals surface area contributed by atoms with E-state index in [-0.39, 0.29) is 15.8 Å². The van der Waals surface area contributed by atoms with Crippen molar-refractivity contribution in [1.29, 1.82) is 0 Å². The SMILES string of the molecule is Cc1cc(C(=O)Nc2cc(Cl)cc(S(C)(=O)=O)c2)cn1-c1ncccc1OCC1CC1. The fraction of sp³-hybridized carbons (Fsp3) is 0.273. The van der Waals surface area contributed by atoms with Gasteiger partial charge in [-0.15, -0.1) is 0 Å². The van der Waals surface area contributed by atoms with E-state index in [1.54, 1.807) is 23.0 Å². The van der Waals surface area contributed by atoms with Crippen LogP contribution in [0.25, 0.3) is 5.82 Å². The Bertz CT molecular complexity index is 1250. The standard InChI is InChI=1S/C22H22ClN3O4S/c1-14-8-16(22(27)25-18-9-17(23)10-19(11-18)31(2,28)29)12-26(14)21-20(4-3-7-24-21)30-13-15-5-6-15/h3-4,7-12,15H,5-6,13H2,1-2H3,(H,25,27). The number of aryl methyl sites for hydroxylation is 1. The van der Waals surface area contributed by atoms with Gasteiger partial charge in [0.2, 0.25) is 0 Å². The molecule has 1 aliphatic rings. The summed E-state index contributed by atoms with van der Waals surface area (Å²) in [5.74, 6) is 1.49. The minimum atomic E-state index is -3.46. The molecule has 1 saturated carbocycles. The summed E-state index contributed by atoms with van der Waals surface area (Å²) in [4.78, 5) is 17.3. The first-order chi connectivity index (χ1) is 14.7. The molecule has 2 heterocycles. The summed E-state index contributed by atoms with van der Waals surface area (Å²) < 4.78 is 31.4. The topological polar surface area (TPSA) is 90.3 Å². The molecule has 0 spiro atoms. The van der Waals surface area contributed by atoms with E-state index >= 15 is 0 Å². The molecule has 1 aromatic carbocycles. The number of carbonyl (C=O) groups is 1. The van der Waals surface area contributed by atoms with Crippen molar-refractivity contribution in [2.75, 3.05) is 18.2 Å². The van der Waals surface area contributed by atoms with Crippen molar-refractivity contribution in [3.05, 3.63) is 65.1 Å². The minimum Gasteiger partial charge on any atom is -0.489 e. The van der Waals surface area contributed by atoms with Crippen molar-refractivity contribution in [3.63, 3.8) is 0 Å². The zero-order chi connectivity index (χ0) is 22.2. The van der Waals surface area contributed by atoms with Gasteiger partial charge in [0.1, 0.15) is 0 Å². The molecule has 1 fully saturated rings. The first-order valence-corrected chi connectivity index (χ1v) is 12.1. The number of pyridine rings is 1. The molecule has 7 nitrogen and oxygen atoms in total. The van der Waals surface area contributed by atoms with E-state index in [1.807, 2.05) is 19.1 Å². The third-order valence-corrected chi connectivity index (χ3v) is 6.29. The lowest BCUT2D eigenvalue weighted by Gasteiger charge is -2.12. The van der Waals surface area contributed by atoms with Gasteiger partial charge in [0, 0.05) is 35.1 Å². The quantitative estimate of drug-likeness (QED) is 0.569. The van der Waals surface area contributed by atoms with Crippen molar-refractivity contribution in [2.45, 2.75) is 24.7 Å². The van der Waals surface area contributed by atoms with E-state index in [1.165, 1.54) is 31.0 Å². The van der Waals surface area contributed by atoms with Crippen LogP contribution >= 0.6 is 11.6 Å². The highest BCUT2D eigenvalue weighted by molar-refractivity contribution is 7.90. The number of aromatic nitrogens is 2. The zero-order valence-corrected chi connectivity index (χ0v) is 18.7. The molecule has 0 aliphatic heterocycles. The Hall–Kier alpha value is -2.84. The Morgan fingerprint density at radius 3 is 2.77 bits per heavy atom. The van der Waals surface area contributed by atoms with Gasteiger partial charge in [-0.1, -0.05) is 11.6 Å². The van der Waals surface area contributed by atoms with E-state index in [4.69, 9.17) is 16.3 Å². The summed E-state index contributed by atoms with van der Waals surface area (Å²) in [7, 11) is -3.46. The van der Waals surface area contributed by atoms with E-state index in [9.17, 15) is 13.2 Å². The van der Waals surface area contributed by atoms with Crippen LogP contribution in [0.15, 0.2) is 53.7 Å². The summed E-state index contributed by atoms with van der Waals surface area (Å²) in [6.07, 6.45) is 6.82. The highest BCUT2D eigenvalue weighted by atomic mass is 35.5. The van der Waals surface area contributed by atoms with Crippen molar-refractivity contribution in [2.24, 2.45) is 5.92 Å². The maximum Gasteiger partial charge on any atom is 0.257 e. The number of nitrogens with one attached hydrogen (secondary N) is 1. The number of sulfone groups is 1. The van der Waals surface area contributed by atoms with Crippen molar-refractivity contribution in [1.82, 2.24) is 9.55 Å². The third kappa shape index (κ3) is 5.08. The Kier molecular flexibility index (Phi) is 5.77. The van der Waals surface area contributed by atoms with Crippen molar-refractivity contribution in [3.8, 4) is 11.6 Å². The number of carbonyl (C=O) groups excluding carboxylic acids is 1. The zero-order valence-electron chi connectivity index (χ0n) is 17.1. The molecule has 162 valence electrons. The van der Waals surface area contributed by atoms with E-state index in [0.29, 0.717) is 35.3 Å². The van der Waals surface area contributed by atoms with Crippen LogP contribution in [-0.4, -0.2) is 36.7 Å². The van der Waals surface area contributed by atoms with Crippen LogP contribution in [0.4, 0.5) is 5.69 Å². The van der Waals surface area contributed by atoms with Crippen LogP contribution in [0, 0.1) is 12.8 Å². The second-order valence-corrected chi connectivity index (χ2v) is 10.2. The molecule has 0 saturated heterocycles. The average molecular weight is 460 g/mol. The Balaban J connectivity index is 1.58. The smallest absolute Gasteiger partial charge is 0.257 e. The molecule has 9 heteroatoms. The molecule has 1 aliphatic carbocycles. The van der Waals surface area contributed by atoms with Crippen LogP contribution in [0.5, 0.6) is 5.75 Å². The molecule has 1 amide bonds. The number of anilines is 1. The maximum absolute atomic E-state index is 12.8. The molecule has 31 heavy (non-hydrogen) atoms. The number of hydrogen-bond donors (Lipinski definition) is 1. The number of hydrogen-bond acceptors (Lipinski definition) is 5. The third-order valence-electron chi connectivity index (χ3n) is 4.98. The predicted molar refractivity (Wildman–Crippen MR) is 119 cm³/mol. The Morgan fingerprint density at radius 1 is 1.29 bits per heavy atom. The fourth-order valence-electron chi connectivity index (χ4n) is 3.15. The Labute approximate surface area is 185 Å². The van der Waals surface area contributed by atoms with Crippen LogP contribution in [0.1, 0.15) is 28.9 Å². The van der Waals surface area contributed by atoms with Gasteiger partial charge in [0.25, 0.3) is 5.91 Å². The normalized spacial score (nSPS) is 13.8. The van der Waals surface area contributed by atoms with Gasteiger partial charge in [-0.05, 0) is 62.1 Å². The monoisotopic (exact) mass is 459 g/mol. The van der Waals surface area contributed by atoms with Crippen LogP contribution in [0.2, 0.25) is 5.02 Å². The van der Waals surface area contributed by atoms with Crippen molar-refractivity contribution >= 4 is 33.0 Å². The van der Waals surface area contributed by atoms with Gasteiger partial charge < -0.3 is 14.6 Å². The summed E-state index contributed by atoms with van der Waals surface area (Å²) in [6.45, 7) is 2.53. The maximum atomic E-state index is 12.8. The number of amides is 1. The van der Waals surface area contributed by atoms with Gasteiger partial charge in [0.15, 0.2) is 21.4 Å². The molecule has 0 bridgehead atoms. The number of nitrogens with zero attached hydrogens (tertiary/aromatic N) is 2. The van der Waals surface area contributed by atoms with Crippen molar-refractivity contribution < 1.29 is 17.9 Å². The number of halogens is 1. The molecule has 3 aromatic rings. The lowest BCUT2D eigenvalue weighted by molar-refractivity contribution is 0.102. The van der Waals surface area contributed by atoms with Gasteiger partial charge in [-0.2, -0.15) is 0 Å². The Morgan fingerprint density at radius 2 is 2.06 bits per heavy atom. The van der Waals surface area contributed by atoms with Crippen LogP contribution in [0.3, 0.4) is 0 Å². The highest BCUT2D eigenvalue weighted by Gasteiger charge is 2.23. The molecule has 1 N–H and O–H groups in total. The summed E-state index contributed by atoms with van der Waals surface area (Å²) in [5, 5.41) is 2.93. The summed E-state index contributed by atoms with van der Waals surface area (Å²) in [5.41, 5.74) is 1.51. The van der Waals surface area contributed by atoms with E-state index in [2.05, 4.69) is 10.3 Å². The lowest BCUT2D eigenvalue weighted by Crippen LogP contribution is -2.12. The summed E-state index contributed by atoms with van der Waals surface area (Å²) in [6, 6.07) is 9.64. The van der Waals surface area contributed by atoms with Gasteiger partial charge >= 0.3 is 0 Å². The lowest BCUT2D eigenvalue weighted by atomic mass is 10.2. The van der Waals surface area contributed by atoms with E-state index < -0.39 is 9.84 Å². The second-order valence-electron chi connectivity index (χ2n) is 7.72. The highest BCUT2D eigenvalue weighted by Crippen LogP contribution is 2.31. The largest absolute Gasteiger partial charge is 0.489 e. The molecule has 4 rings (SSSR count). The second kappa shape index (κ2) is 8.36. The van der Waals surface area contributed by atoms with Gasteiger partial charge in [0.05, 0.1) is 17.1 Å². The van der Waals surface area contributed by atoms with Crippen LogP contribution in [-0.2, 0) is 9.84 Å². The molecule has 2 aromatic heterocycles. The van der Waals surface area contributed by atoms with Gasteiger partial charge in [-0.3, -0.25) is 4.79 Å². The average Bonchev–Trinajstić information content (AvgIpc) is 3.45. The number of ether oxygens (including phenoxy) is 1. The predicted octanol–water partition coefficient (Wildman–Crippen LogP) is 4.28. The van der Waals surface area contributed by atoms with E-state index in [0.717, 1.165) is 11.9 Å². The van der Waals surface area contributed by atoms with Crippen LogP contribution < -0.4 is 10.1 Å². The first-order valence-electron chi connectivity index (χ1n) is 9.80.